The van der Waals surface area contributed by atoms with E-state index in [9.17, 15) is 0 Å². The maximum atomic E-state index is 8.57. The molecule has 0 amide bonds. The summed E-state index contributed by atoms with van der Waals surface area (Å²) in [5.41, 5.74) is 4.00. The Hall–Kier alpha value is 0.150. The fraction of sp³-hybridized carbons (Fsp3) is 0. The summed E-state index contributed by atoms with van der Waals surface area (Å²) in [5, 5.41) is 0. The summed E-state index contributed by atoms with van der Waals surface area (Å²) in [6.07, 6.45) is 0. The molecule has 32 valence electrons. The Labute approximate surface area is 32.1 Å². The Morgan fingerprint density at radius 2 is 1.80 bits per heavy atom. The van der Waals surface area contributed by atoms with Gasteiger partial charge in [0, 0.05) is 7.05 Å². The molecule has 0 fully saturated rings. The molecule has 0 saturated heterocycles. The van der Waals surface area contributed by atoms with E-state index < -0.39 is 8.69 Å². The van der Waals surface area contributed by atoms with Crippen LogP contribution in [0.4, 0.5) is 0 Å². The molecule has 3 nitrogen and oxygen atoms in total. The van der Waals surface area contributed by atoms with Gasteiger partial charge in [0.05, 0.1) is 0 Å². The van der Waals surface area contributed by atoms with Gasteiger partial charge in [-0.2, -0.15) is 0 Å². The van der Waals surface area contributed by atoms with Crippen molar-refractivity contribution in [1.82, 2.24) is 0 Å². The molecule has 0 rings (SSSR count). The zero-order valence-electron chi connectivity index (χ0n) is 2.59. The molecule has 0 saturated carbocycles. The quantitative estimate of drug-likeness (QED) is 0.308. The molecule has 5 heavy (non-hydrogen) atoms. The predicted molar refractivity (Wildman–Crippen MR) is 21.1 cm³/mol. The standard InChI is InChI=1S/CH3N.H3O2P/c1-2;1-3-2/h1H,2H2;3H2,(H,1,2). The molecule has 1 atom stereocenters. The van der Waals surface area contributed by atoms with Crippen LogP contribution in [0.15, 0.2) is 0 Å². The van der Waals surface area contributed by atoms with E-state index in [2.05, 4.69) is 12.8 Å². The summed E-state index contributed by atoms with van der Waals surface area (Å²) in [4.78, 5) is 7.10. The highest BCUT2D eigenvalue weighted by atomic mass is 31.1. The minimum atomic E-state index is -1.50. The van der Waals surface area contributed by atoms with Gasteiger partial charge < -0.3 is 10.6 Å². The summed E-state index contributed by atoms with van der Waals surface area (Å²) in [7, 11) is 2.50. The van der Waals surface area contributed by atoms with Crippen molar-refractivity contribution in [3.05, 3.63) is 7.05 Å². The smallest absolute Gasteiger partial charge is 0.177 e. The van der Waals surface area contributed by atoms with Crippen molar-refractivity contribution in [2.45, 2.75) is 0 Å². The number of rotatable bonds is 0. The highest BCUT2D eigenvalue weighted by Crippen LogP contribution is 1.66. The maximum Gasteiger partial charge on any atom is 0.177 e. The van der Waals surface area contributed by atoms with Crippen LogP contribution in [0.3, 0.4) is 0 Å². The second-order valence-corrected chi connectivity index (χ2v) is 0.316. The van der Waals surface area contributed by atoms with E-state index in [1.807, 2.05) is 0 Å². The van der Waals surface area contributed by atoms with E-state index in [0.29, 0.717) is 0 Å². The average molecular weight is 95.0 g/mol. The summed E-state index contributed by atoms with van der Waals surface area (Å²) in [6.45, 7) is 0. The van der Waals surface area contributed by atoms with Crippen LogP contribution in [0, 0.1) is 7.05 Å². The van der Waals surface area contributed by atoms with E-state index in [1.54, 1.807) is 0 Å². The topological polar surface area (TPSA) is 63.3 Å². The lowest BCUT2D eigenvalue weighted by Crippen LogP contribution is -1.61. The van der Waals surface area contributed by atoms with Crippen molar-refractivity contribution < 1.29 is 9.46 Å². The maximum absolute atomic E-state index is 8.57. The minimum Gasteiger partial charge on any atom is -0.348 e. The van der Waals surface area contributed by atoms with E-state index in [-0.39, 0.29) is 0 Å². The first-order valence-electron chi connectivity index (χ1n) is 0.827. The first-order chi connectivity index (χ1) is 2.41. The minimum absolute atomic E-state index is 1.50. The Kier molecular flexibility index (Phi) is 55.7. The molecule has 3 N–H and O–H groups in total. The molecule has 0 spiro atoms. The molecule has 1 unspecified atom stereocenters. The molecule has 0 bridgehead atoms. The van der Waals surface area contributed by atoms with Gasteiger partial charge in [-0.25, -0.2) is 0 Å². The van der Waals surface area contributed by atoms with Crippen LogP contribution in [0.1, 0.15) is 0 Å². The first kappa shape index (κ1) is 8.94. The normalized spacial score (nSPS) is 7.00. The van der Waals surface area contributed by atoms with Gasteiger partial charge in [0.2, 0.25) is 0 Å². The van der Waals surface area contributed by atoms with Crippen molar-refractivity contribution in [1.29, 1.82) is 0 Å². The van der Waals surface area contributed by atoms with E-state index in [1.165, 1.54) is 0 Å². The molecule has 0 aliphatic rings. The van der Waals surface area contributed by atoms with Crippen LogP contribution in [-0.2, 0) is 4.57 Å². The molecule has 0 aromatic heterocycles. The van der Waals surface area contributed by atoms with Gasteiger partial charge >= 0.3 is 0 Å². The summed E-state index contributed by atoms with van der Waals surface area (Å²) >= 11 is 0. The lowest BCUT2D eigenvalue weighted by molar-refractivity contribution is 0.524. The van der Waals surface area contributed by atoms with Crippen molar-refractivity contribution in [3.63, 3.8) is 0 Å². The lowest BCUT2D eigenvalue weighted by Gasteiger charge is -1.33. The van der Waals surface area contributed by atoms with Crippen molar-refractivity contribution in [2.24, 2.45) is 5.73 Å². The van der Waals surface area contributed by atoms with Crippen LogP contribution >= 0.6 is 8.69 Å². The molecule has 2 radical (unpaired) electrons. The van der Waals surface area contributed by atoms with Crippen LogP contribution < -0.4 is 5.73 Å². The third kappa shape index (κ3) is 853. The van der Waals surface area contributed by atoms with Crippen LogP contribution in [0.2, 0.25) is 0 Å². The monoisotopic (exact) mass is 95.0 g/mol. The fourth-order valence-electron chi connectivity index (χ4n) is 0. The highest BCUT2D eigenvalue weighted by Gasteiger charge is 1.17. The van der Waals surface area contributed by atoms with Crippen LogP contribution in [0.25, 0.3) is 0 Å². The molecule has 0 aromatic carbocycles. The number of hydrogen-bond acceptors (Lipinski definition) is 2. The molecule has 0 heterocycles. The van der Waals surface area contributed by atoms with E-state index >= 15 is 0 Å². The second kappa shape index (κ2) is 31.1. The average Bonchev–Trinajstić information content (AvgIpc) is 1.46. The summed E-state index contributed by atoms with van der Waals surface area (Å²) in [6, 6.07) is 0. The van der Waals surface area contributed by atoms with Crippen LogP contribution in [0.5, 0.6) is 0 Å². The highest BCUT2D eigenvalue weighted by molar-refractivity contribution is 7.16. The zero-order valence-corrected chi connectivity index (χ0v) is 3.74. The summed E-state index contributed by atoms with van der Waals surface area (Å²) in [5.74, 6) is 0. The molecule has 0 aromatic rings. The second-order valence-electron chi connectivity index (χ2n) is 0.105. The van der Waals surface area contributed by atoms with Gasteiger partial charge in [-0.1, -0.05) is 0 Å². The van der Waals surface area contributed by atoms with Gasteiger partial charge in [-0.15, -0.1) is 0 Å². The van der Waals surface area contributed by atoms with Gasteiger partial charge in [0.15, 0.2) is 8.69 Å². The Bertz CT molecular complexity index is 17.1. The van der Waals surface area contributed by atoms with Crippen molar-refractivity contribution in [3.8, 4) is 0 Å². The third-order valence-electron chi connectivity index (χ3n) is 0. The van der Waals surface area contributed by atoms with Crippen LogP contribution in [-0.4, -0.2) is 4.89 Å². The number of nitrogens with two attached hydrogens (primary N) is 1. The molecule has 0 aliphatic heterocycles. The zero-order chi connectivity index (χ0) is 4.71. The Morgan fingerprint density at radius 1 is 1.80 bits per heavy atom. The van der Waals surface area contributed by atoms with Gasteiger partial charge in [0.25, 0.3) is 0 Å². The lowest BCUT2D eigenvalue weighted by atomic mass is 11.6. The van der Waals surface area contributed by atoms with E-state index in [0.717, 1.165) is 0 Å². The first-order valence-corrected chi connectivity index (χ1v) is 1.82. The molecule has 0 aliphatic carbocycles. The van der Waals surface area contributed by atoms with E-state index in [4.69, 9.17) is 9.46 Å². The van der Waals surface area contributed by atoms with Crippen molar-refractivity contribution in [2.75, 3.05) is 0 Å². The summed E-state index contributed by atoms with van der Waals surface area (Å²) < 4.78 is 8.57. The molecular weight excluding hydrogens is 89.0 g/mol. The predicted octanol–water partition coefficient (Wildman–Crippen LogP) is -0.736. The Balaban J connectivity index is 0. The van der Waals surface area contributed by atoms with Crippen molar-refractivity contribution >= 4 is 8.69 Å². The Morgan fingerprint density at radius 3 is 1.80 bits per heavy atom. The van der Waals surface area contributed by atoms with Gasteiger partial charge in [0.1, 0.15) is 0 Å². The van der Waals surface area contributed by atoms with Gasteiger partial charge in [-0.05, 0) is 0 Å². The van der Waals surface area contributed by atoms with Gasteiger partial charge in [-0.3, -0.25) is 4.57 Å². The molecular formula is CH6NO2P. The third-order valence-corrected chi connectivity index (χ3v) is 0. The fourth-order valence-corrected chi connectivity index (χ4v) is 0. The number of hydrogen-bond donors (Lipinski definition) is 2. The molecule has 4 heteroatoms. The largest absolute Gasteiger partial charge is 0.348 e. The SMILES string of the molecule is O=[PH2]O.[CH]N.